The van der Waals surface area contributed by atoms with Crippen molar-refractivity contribution in [3.63, 3.8) is 0 Å². The number of hydrogen-bond acceptors (Lipinski definition) is 8. The number of rotatable bonds is 7. The Morgan fingerprint density at radius 3 is 2.38 bits per heavy atom. The number of benzene rings is 1. The molecule has 0 unspecified atom stereocenters. The maximum atomic E-state index is 9.43. The zero-order valence-electron chi connectivity index (χ0n) is 16.8. The number of methoxy groups -OCH3 is 3. The van der Waals surface area contributed by atoms with Gasteiger partial charge < -0.3 is 19.5 Å². The van der Waals surface area contributed by atoms with E-state index in [0.29, 0.717) is 40.4 Å². The minimum Gasteiger partial charge on any atom is -0.493 e. The highest BCUT2D eigenvalue weighted by Gasteiger charge is 2.25. The van der Waals surface area contributed by atoms with Crippen LogP contribution in [0.3, 0.4) is 0 Å². The van der Waals surface area contributed by atoms with Crippen LogP contribution in [0.25, 0.3) is 10.2 Å². The highest BCUT2D eigenvalue weighted by Crippen LogP contribution is 2.39. The third-order valence-electron chi connectivity index (χ3n) is 4.94. The van der Waals surface area contributed by atoms with Gasteiger partial charge in [0.05, 0.1) is 26.7 Å². The minimum absolute atomic E-state index is 0.451. The van der Waals surface area contributed by atoms with Gasteiger partial charge in [0.2, 0.25) is 5.75 Å². The van der Waals surface area contributed by atoms with Crippen molar-refractivity contribution >= 4 is 27.4 Å². The molecule has 0 spiro atoms. The van der Waals surface area contributed by atoms with Crippen molar-refractivity contribution in [2.24, 2.45) is 0 Å². The van der Waals surface area contributed by atoms with Gasteiger partial charge in [0.15, 0.2) is 11.5 Å². The van der Waals surface area contributed by atoms with Crippen LogP contribution in [0.2, 0.25) is 0 Å². The molecule has 1 aromatic carbocycles. The molecule has 1 saturated carbocycles. The highest BCUT2D eigenvalue weighted by atomic mass is 32.1. The molecule has 0 bridgehead atoms. The molecule has 2 heterocycles. The van der Waals surface area contributed by atoms with Crippen molar-refractivity contribution in [3.05, 3.63) is 34.0 Å². The van der Waals surface area contributed by atoms with E-state index in [1.54, 1.807) is 21.3 Å². The number of anilines is 1. The van der Waals surface area contributed by atoms with Crippen LogP contribution in [0.5, 0.6) is 17.2 Å². The van der Waals surface area contributed by atoms with Gasteiger partial charge in [-0.1, -0.05) is 0 Å². The first kappa shape index (κ1) is 19.3. The molecule has 29 heavy (non-hydrogen) atoms. The second-order valence-corrected chi connectivity index (χ2v) is 7.96. The molecule has 3 aromatic rings. The lowest BCUT2D eigenvalue weighted by molar-refractivity contribution is 0.324. The molecule has 7 nitrogen and oxygen atoms in total. The summed E-state index contributed by atoms with van der Waals surface area (Å²) >= 11 is 1.41. The Hall–Kier alpha value is -3.05. The SMILES string of the molecule is COc1cc(Cc2nc(NC3CC3)c3c(C)c(C#N)sc3n2)cc(OC)c1OC. The van der Waals surface area contributed by atoms with Gasteiger partial charge in [-0.3, -0.25) is 0 Å². The standard InChI is InChI=1S/C21H22N4O3S/c1-11-16(10-22)29-21-18(11)20(23-13-5-6-13)24-17(25-21)9-12-7-14(26-2)19(28-4)15(8-12)27-3/h7-8,13H,5-6,9H2,1-4H3,(H,23,24,25). The van der Waals surface area contributed by atoms with Crippen molar-refractivity contribution in [1.29, 1.82) is 5.26 Å². The van der Waals surface area contributed by atoms with Gasteiger partial charge in [-0.05, 0) is 43.0 Å². The molecule has 1 N–H and O–H groups in total. The van der Waals surface area contributed by atoms with E-state index in [1.807, 2.05) is 19.1 Å². The van der Waals surface area contributed by atoms with E-state index in [2.05, 4.69) is 11.4 Å². The summed E-state index contributed by atoms with van der Waals surface area (Å²) in [5, 5.41) is 13.9. The number of aryl methyl sites for hydroxylation is 1. The maximum Gasteiger partial charge on any atom is 0.203 e. The van der Waals surface area contributed by atoms with Gasteiger partial charge in [0.1, 0.15) is 27.4 Å². The third kappa shape index (κ3) is 3.66. The summed E-state index contributed by atoms with van der Waals surface area (Å²) in [5.41, 5.74) is 1.89. The first-order valence-electron chi connectivity index (χ1n) is 9.33. The number of hydrogen-bond donors (Lipinski definition) is 1. The molecule has 0 saturated heterocycles. The first-order valence-corrected chi connectivity index (χ1v) is 10.1. The Morgan fingerprint density at radius 1 is 1.14 bits per heavy atom. The average molecular weight is 410 g/mol. The van der Waals surface area contributed by atoms with Crippen LogP contribution < -0.4 is 19.5 Å². The van der Waals surface area contributed by atoms with Crippen LogP contribution in [0, 0.1) is 18.3 Å². The van der Waals surface area contributed by atoms with Crippen molar-refractivity contribution < 1.29 is 14.2 Å². The number of thiophene rings is 1. The summed E-state index contributed by atoms with van der Waals surface area (Å²) in [6.45, 7) is 1.96. The molecule has 0 amide bonds. The maximum absolute atomic E-state index is 9.43. The number of nitrogens with one attached hydrogen (secondary N) is 1. The Labute approximate surface area is 173 Å². The van der Waals surface area contributed by atoms with Crippen molar-refractivity contribution in [2.45, 2.75) is 32.2 Å². The number of nitrogens with zero attached hydrogens (tertiary/aromatic N) is 3. The van der Waals surface area contributed by atoms with Gasteiger partial charge in [0.25, 0.3) is 0 Å². The summed E-state index contributed by atoms with van der Waals surface area (Å²) in [7, 11) is 4.77. The molecule has 4 rings (SSSR count). The largest absolute Gasteiger partial charge is 0.493 e. The Kier molecular flexibility index (Phi) is 5.16. The smallest absolute Gasteiger partial charge is 0.203 e. The molecular weight excluding hydrogens is 388 g/mol. The van der Waals surface area contributed by atoms with E-state index in [4.69, 9.17) is 24.2 Å². The lowest BCUT2D eigenvalue weighted by atomic mass is 10.1. The van der Waals surface area contributed by atoms with E-state index in [-0.39, 0.29) is 0 Å². The quantitative estimate of drug-likeness (QED) is 0.628. The topological polar surface area (TPSA) is 89.3 Å². The molecule has 1 aliphatic rings. The molecule has 1 aliphatic carbocycles. The molecule has 150 valence electrons. The normalized spacial score (nSPS) is 13.2. The molecule has 8 heteroatoms. The summed E-state index contributed by atoms with van der Waals surface area (Å²) in [6, 6.07) is 6.53. The minimum atomic E-state index is 0.451. The summed E-state index contributed by atoms with van der Waals surface area (Å²) in [5.74, 6) is 3.24. The third-order valence-corrected chi connectivity index (χ3v) is 6.03. The zero-order chi connectivity index (χ0) is 20.5. The first-order chi connectivity index (χ1) is 14.1. The molecule has 1 fully saturated rings. The van der Waals surface area contributed by atoms with Gasteiger partial charge in [0, 0.05) is 12.5 Å². The van der Waals surface area contributed by atoms with Crippen molar-refractivity contribution in [2.75, 3.05) is 26.6 Å². The molecule has 0 aliphatic heterocycles. The van der Waals surface area contributed by atoms with Crippen LogP contribution in [-0.4, -0.2) is 37.3 Å². The lowest BCUT2D eigenvalue weighted by Crippen LogP contribution is -2.07. The highest BCUT2D eigenvalue weighted by molar-refractivity contribution is 7.19. The van der Waals surface area contributed by atoms with Crippen LogP contribution in [-0.2, 0) is 6.42 Å². The van der Waals surface area contributed by atoms with Gasteiger partial charge in [-0.25, -0.2) is 9.97 Å². The fraction of sp³-hybridized carbons (Fsp3) is 0.381. The van der Waals surface area contributed by atoms with Crippen molar-refractivity contribution in [1.82, 2.24) is 9.97 Å². The Bertz CT molecular complexity index is 1090. The summed E-state index contributed by atoms with van der Waals surface area (Å²) < 4.78 is 16.3. The van der Waals surface area contributed by atoms with Crippen LogP contribution in [0.1, 0.15) is 34.7 Å². The lowest BCUT2D eigenvalue weighted by Gasteiger charge is -2.14. The Morgan fingerprint density at radius 2 is 1.83 bits per heavy atom. The van der Waals surface area contributed by atoms with Gasteiger partial charge >= 0.3 is 0 Å². The second kappa shape index (κ2) is 7.76. The predicted molar refractivity (Wildman–Crippen MR) is 112 cm³/mol. The van der Waals surface area contributed by atoms with Crippen LogP contribution in [0.4, 0.5) is 5.82 Å². The van der Waals surface area contributed by atoms with Gasteiger partial charge in [-0.15, -0.1) is 11.3 Å². The molecular formula is C21H22N4O3S. The fourth-order valence-corrected chi connectivity index (χ4v) is 4.31. The number of aromatic nitrogens is 2. The van der Waals surface area contributed by atoms with E-state index < -0.39 is 0 Å². The number of ether oxygens (including phenoxy) is 3. The predicted octanol–water partition coefficient (Wildman–Crippen LogP) is 4.06. The Balaban J connectivity index is 1.77. The zero-order valence-corrected chi connectivity index (χ0v) is 17.6. The molecule has 0 atom stereocenters. The van der Waals surface area contributed by atoms with E-state index in [1.165, 1.54) is 11.3 Å². The monoisotopic (exact) mass is 410 g/mol. The van der Waals surface area contributed by atoms with E-state index in [0.717, 1.165) is 40.0 Å². The van der Waals surface area contributed by atoms with Crippen molar-refractivity contribution in [3.8, 4) is 23.3 Å². The summed E-state index contributed by atoms with van der Waals surface area (Å²) in [6.07, 6.45) is 2.79. The average Bonchev–Trinajstić information content (AvgIpc) is 3.48. The summed E-state index contributed by atoms with van der Waals surface area (Å²) in [4.78, 5) is 11.1. The number of nitriles is 1. The van der Waals surface area contributed by atoms with Gasteiger partial charge in [-0.2, -0.15) is 5.26 Å². The molecule has 2 aromatic heterocycles. The van der Waals surface area contributed by atoms with Crippen LogP contribution in [0.15, 0.2) is 12.1 Å². The van der Waals surface area contributed by atoms with E-state index in [9.17, 15) is 5.26 Å². The second-order valence-electron chi connectivity index (χ2n) is 6.97. The van der Waals surface area contributed by atoms with Crippen LogP contribution >= 0.6 is 11.3 Å². The fourth-order valence-electron chi connectivity index (χ4n) is 3.31. The number of fused-ring (bicyclic) bond motifs is 1. The van der Waals surface area contributed by atoms with E-state index >= 15 is 0 Å². The molecule has 0 radical (unpaired) electrons.